The molecular weight excluding hydrogens is 242 g/mol. The van der Waals surface area contributed by atoms with E-state index in [1.165, 1.54) is 6.07 Å². The summed E-state index contributed by atoms with van der Waals surface area (Å²) in [6.07, 6.45) is 3.19. The number of nitrogens with zero attached hydrogens (tertiary/aromatic N) is 1. The number of hydrogen-bond acceptors (Lipinski definition) is 3. The summed E-state index contributed by atoms with van der Waals surface area (Å²) in [6.45, 7) is 1.57. The van der Waals surface area contributed by atoms with Gasteiger partial charge in [-0.3, -0.25) is 9.59 Å². The van der Waals surface area contributed by atoms with E-state index in [2.05, 4.69) is 4.98 Å². The van der Waals surface area contributed by atoms with Gasteiger partial charge in [0, 0.05) is 25.2 Å². The molecular formula is C14H19N3O2. The fraction of sp³-hybridized carbons (Fsp3) is 0.571. The van der Waals surface area contributed by atoms with Crippen molar-refractivity contribution in [3.63, 3.8) is 0 Å². The summed E-state index contributed by atoms with van der Waals surface area (Å²) in [5.74, 6) is 1.04. The Balaban J connectivity index is 1.74. The first-order valence-corrected chi connectivity index (χ1v) is 6.87. The summed E-state index contributed by atoms with van der Waals surface area (Å²) in [5.41, 5.74) is 6.15. The van der Waals surface area contributed by atoms with E-state index in [1.54, 1.807) is 12.1 Å². The number of nitrogens with two attached hydrogens (primary N) is 1. The Morgan fingerprint density at radius 1 is 1.26 bits per heavy atom. The lowest BCUT2D eigenvalue weighted by Crippen LogP contribution is -2.32. The average Bonchev–Trinajstić information content (AvgIpc) is 2.80. The Labute approximate surface area is 111 Å². The monoisotopic (exact) mass is 261 g/mol. The Bertz CT molecular complexity index is 539. The molecule has 2 heterocycles. The van der Waals surface area contributed by atoms with Crippen molar-refractivity contribution in [2.24, 2.45) is 17.6 Å². The number of pyridine rings is 1. The fourth-order valence-electron chi connectivity index (χ4n) is 3.38. The predicted octanol–water partition coefficient (Wildman–Crippen LogP) is 0.574. The molecule has 1 aliphatic carbocycles. The van der Waals surface area contributed by atoms with E-state index in [0.29, 0.717) is 17.5 Å². The topological polar surface area (TPSA) is 79.2 Å². The molecule has 3 atom stereocenters. The molecule has 102 valence electrons. The molecule has 5 heteroatoms. The number of carbonyl (C=O) groups excluding carboxylic acids is 1. The minimum absolute atomic E-state index is 0.0688. The molecule has 2 fully saturated rings. The maximum absolute atomic E-state index is 12.3. The number of rotatable bonds is 1. The Morgan fingerprint density at radius 2 is 2.05 bits per heavy atom. The minimum Gasteiger partial charge on any atom is -0.337 e. The number of aromatic nitrogens is 1. The molecule has 0 aromatic carbocycles. The largest absolute Gasteiger partial charge is 0.337 e. The van der Waals surface area contributed by atoms with Crippen molar-refractivity contribution in [1.82, 2.24) is 9.88 Å². The molecule has 5 nitrogen and oxygen atoms in total. The first-order chi connectivity index (χ1) is 9.13. The van der Waals surface area contributed by atoms with Crippen molar-refractivity contribution in [3.8, 4) is 0 Å². The van der Waals surface area contributed by atoms with Gasteiger partial charge in [-0.1, -0.05) is 6.07 Å². The highest BCUT2D eigenvalue weighted by molar-refractivity contribution is 5.92. The lowest BCUT2D eigenvalue weighted by atomic mass is 9.79. The number of amides is 1. The van der Waals surface area contributed by atoms with Crippen LogP contribution in [0, 0.1) is 11.8 Å². The van der Waals surface area contributed by atoms with E-state index in [0.717, 1.165) is 32.4 Å². The van der Waals surface area contributed by atoms with Gasteiger partial charge in [-0.15, -0.1) is 0 Å². The number of nitrogens with one attached hydrogen (secondary N) is 1. The van der Waals surface area contributed by atoms with E-state index < -0.39 is 0 Å². The maximum atomic E-state index is 12.3. The van der Waals surface area contributed by atoms with E-state index in [9.17, 15) is 9.59 Å². The van der Waals surface area contributed by atoms with Gasteiger partial charge in [0.2, 0.25) is 5.56 Å². The second-order valence-corrected chi connectivity index (χ2v) is 5.73. The van der Waals surface area contributed by atoms with Crippen LogP contribution in [0.1, 0.15) is 29.8 Å². The van der Waals surface area contributed by atoms with Crippen LogP contribution in [0.15, 0.2) is 23.0 Å². The van der Waals surface area contributed by atoms with Gasteiger partial charge < -0.3 is 15.6 Å². The van der Waals surface area contributed by atoms with Crippen LogP contribution in [-0.2, 0) is 0 Å². The Kier molecular flexibility index (Phi) is 3.14. The first-order valence-electron chi connectivity index (χ1n) is 6.87. The van der Waals surface area contributed by atoms with E-state index >= 15 is 0 Å². The molecule has 3 rings (SSSR count). The maximum Gasteiger partial charge on any atom is 0.270 e. The van der Waals surface area contributed by atoms with Gasteiger partial charge in [0.15, 0.2) is 0 Å². The molecule has 1 amide bonds. The number of hydrogen-bond donors (Lipinski definition) is 2. The van der Waals surface area contributed by atoms with Crippen LogP contribution < -0.4 is 11.3 Å². The molecule has 1 aliphatic heterocycles. The van der Waals surface area contributed by atoms with E-state index in [4.69, 9.17) is 5.73 Å². The van der Waals surface area contributed by atoms with Gasteiger partial charge in [-0.25, -0.2) is 0 Å². The Hall–Kier alpha value is -1.62. The average molecular weight is 261 g/mol. The van der Waals surface area contributed by atoms with Gasteiger partial charge >= 0.3 is 0 Å². The zero-order valence-electron chi connectivity index (χ0n) is 10.8. The van der Waals surface area contributed by atoms with Crippen molar-refractivity contribution >= 4 is 5.91 Å². The van der Waals surface area contributed by atoms with Crippen molar-refractivity contribution in [1.29, 1.82) is 0 Å². The van der Waals surface area contributed by atoms with Crippen LogP contribution in [0.25, 0.3) is 0 Å². The third kappa shape index (κ3) is 2.42. The normalized spacial score (nSPS) is 30.2. The van der Waals surface area contributed by atoms with Crippen LogP contribution in [-0.4, -0.2) is 34.9 Å². The van der Waals surface area contributed by atoms with Crippen LogP contribution in [0.3, 0.4) is 0 Å². The third-order valence-electron chi connectivity index (χ3n) is 4.38. The molecule has 3 N–H and O–H groups in total. The van der Waals surface area contributed by atoms with Crippen LogP contribution >= 0.6 is 0 Å². The zero-order chi connectivity index (χ0) is 13.4. The van der Waals surface area contributed by atoms with Gasteiger partial charge in [0.1, 0.15) is 5.69 Å². The van der Waals surface area contributed by atoms with E-state index in [-0.39, 0.29) is 17.5 Å². The number of fused-ring (bicyclic) bond motifs is 1. The Morgan fingerprint density at radius 3 is 2.84 bits per heavy atom. The molecule has 1 unspecified atom stereocenters. The smallest absolute Gasteiger partial charge is 0.270 e. The molecule has 19 heavy (non-hydrogen) atoms. The summed E-state index contributed by atoms with van der Waals surface area (Å²) >= 11 is 0. The highest BCUT2D eigenvalue weighted by Gasteiger charge is 2.38. The summed E-state index contributed by atoms with van der Waals surface area (Å²) in [7, 11) is 0. The summed E-state index contributed by atoms with van der Waals surface area (Å²) in [5, 5.41) is 0. The first kappa shape index (κ1) is 12.4. The second-order valence-electron chi connectivity index (χ2n) is 5.73. The SMILES string of the molecule is NC1CC[C@@H]2CN(C(=O)c3cccc(=O)[nH]3)C[C@@H]2C1. The highest BCUT2D eigenvalue weighted by Crippen LogP contribution is 2.35. The summed E-state index contributed by atoms with van der Waals surface area (Å²) in [4.78, 5) is 28.1. The third-order valence-corrected chi connectivity index (χ3v) is 4.38. The number of H-pyrrole nitrogens is 1. The predicted molar refractivity (Wildman–Crippen MR) is 71.8 cm³/mol. The summed E-state index contributed by atoms with van der Waals surface area (Å²) < 4.78 is 0. The van der Waals surface area contributed by atoms with Gasteiger partial charge in [-0.2, -0.15) is 0 Å². The van der Waals surface area contributed by atoms with Gasteiger partial charge in [-0.05, 0) is 37.2 Å². The minimum atomic E-state index is -0.232. The summed E-state index contributed by atoms with van der Waals surface area (Å²) in [6, 6.07) is 4.98. The lowest BCUT2D eigenvalue weighted by Gasteiger charge is -2.27. The molecule has 0 spiro atoms. The quantitative estimate of drug-likeness (QED) is 0.776. The lowest BCUT2D eigenvalue weighted by molar-refractivity contribution is 0.0778. The van der Waals surface area contributed by atoms with Gasteiger partial charge in [0.25, 0.3) is 5.91 Å². The van der Waals surface area contributed by atoms with Crippen molar-refractivity contribution in [3.05, 3.63) is 34.2 Å². The standard InChI is InChI=1S/C14H19N3O2/c15-11-5-4-9-7-17(8-10(9)6-11)14(19)12-2-1-3-13(18)16-12/h1-3,9-11H,4-8,15H2,(H,16,18)/t9-,10+,11?/m1/s1. The van der Waals surface area contributed by atoms with Crippen LogP contribution in [0.5, 0.6) is 0 Å². The van der Waals surface area contributed by atoms with Crippen LogP contribution in [0.4, 0.5) is 0 Å². The number of aromatic amines is 1. The molecule has 1 saturated heterocycles. The molecule has 0 bridgehead atoms. The molecule has 0 radical (unpaired) electrons. The second kappa shape index (κ2) is 4.81. The fourth-order valence-corrected chi connectivity index (χ4v) is 3.38. The van der Waals surface area contributed by atoms with Crippen molar-refractivity contribution in [2.75, 3.05) is 13.1 Å². The number of carbonyl (C=O) groups is 1. The van der Waals surface area contributed by atoms with Crippen LogP contribution in [0.2, 0.25) is 0 Å². The zero-order valence-corrected chi connectivity index (χ0v) is 10.8. The van der Waals surface area contributed by atoms with Crippen molar-refractivity contribution < 1.29 is 4.79 Å². The van der Waals surface area contributed by atoms with E-state index in [1.807, 2.05) is 4.90 Å². The van der Waals surface area contributed by atoms with Gasteiger partial charge in [0.05, 0.1) is 0 Å². The molecule has 2 aliphatic rings. The number of likely N-dealkylation sites (tertiary alicyclic amines) is 1. The molecule has 1 aromatic rings. The molecule has 1 saturated carbocycles. The highest BCUT2D eigenvalue weighted by atomic mass is 16.2. The molecule has 1 aromatic heterocycles. The van der Waals surface area contributed by atoms with Crippen molar-refractivity contribution in [2.45, 2.75) is 25.3 Å².